The molecule has 0 unspecified atom stereocenters. The number of amides is 1. The van der Waals surface area contributed by atoms with Crippen LogP contribution in [0.1, 0.15) is 6.42 Å². The molecule has 1 rings (SSSR count). The number of hydrogen-bond donors (Lipinski definition) is 2. The van der Waals surface area contributed by atoms with E-state index in [1.165, 1.54) is 0 Å². The third-order valence-electron chi connectivity index (χ3n) is 1.63. The molecular weight excluding hydrogens is 168 g/mol. The summed E-state index contributed by atoms with van der Waals surface area (Å²) in [5.41, 5.74) is 4.97. The van der Waals surface area contributed by atoms with Gasteiger partial charge in [-0.3, -0.25) is 9.48 Å². The Labute approximate surface area is 76.9 Å². The highest BCUT2D eigenvalue weighted by Crippen LogP contribution is 1.82. The minimum Gasteiger partial charge on any atom is -0.370 e. The average Bonchev–Trinajstić information content (AvgIpc) is 2.55. The molecule has 1 aromatic rings. The molecule has 0 saturated carbocycles. The summed E-state index contributed by atoms with van der Waals surface area (Å²) in [5, 5.41) is 7.13. The van der Waals surface area contributed by atoms with E-state index in [2.05, 4.69) is 10.4 Å². The molecule has 1 aromatic heterocycles. The van der Waals surface area contributed by atoms with E-state index in [4.69, 9.17) is 5.73 Å². The van der Waals surface area contributed by atoms with Gasteiger partial charge in [-0.05, 0) is 6.07 Å². The van der Waals surface area contributed by atoms with Crippen LogP contribution in [0.5, 0.6) is 0 Å². The molecule has 0 radical (unpaired) electrons. The maximum absolute atomic E-state index is 10.4. The molecule has 5 nitrogen and oxygen atoms in total. The lowest BCUT2D eigenvalue weighted by molar-refractivity contribution is -0.117. The quantitative estimate of drug-likeness (QED) is 0.574. The number of hydrogen-bond acceptors (Lipinski definition) is 3. The van der Waals surface area contributed by atoms with Crippen LogP contribution in [0, 0.1) is 0 Å². The SMILES string of the molecule is NC(=O)CCNCCn1cccn1. The number of primary amides is 1. The van der Waals surface area contributed by atoms with Crippen LogP contribution in [-0.4, -0.2) is 28.8 Å². The zero-order chi connectivity index (χ0) is 9.52. The van der Waals surface area contributed by atoms with E-state index in [1.807, 2.05) is 16.9 Å². The van der Waals surface area contributed by atoms with Crippen LogP contribution >= 0.6 is 0 Å². The molecule has 0 aromatic carbocycles. The van der Waals surface area contributed by atoms with Gasteiger partial charge < -0.3 is 11.1 Å². The highest BCUT2D eigenvalue weighted by atomic mass is 16.1. The monoisotopic (exact) mass is 182 g/mol. The average molecular weight is 182 g/mol. The van der Waals surface area contributed by atoms with Gasteiger partial charge >= 0.3 is 0 Å². The molecule has 72 valence electrons. The van der Waals surface area contributed by atoms with Gasteiger partial charge in [0.05, 0.1) is 6.54 Å². The standard InChI is InChI=1S/C8H14N4O/c9-8(13)2-4-10-5-7-12-6-1-3-11-12/h1,3,6,10H,2,4-5,7H2,(H2,9,13). The smallest absolute Gasteiger partial charge is 0.218 e. The van der Waals surface area contributed by atoms with Crippen LogP contribution in [-0.2, 0) is 11.3 Å². The van der Waals surface area contributed by atoms with E-state index in [9.17, 15) is 4.79 Å². The highest BCUT2D eigenvalue weighted by molar-refractivity contribution is 5.73. The molecule has 5 heteroatoms. The zero-order valence-corrected chi connectivity index (χ0v) is 7.44. The topological polar surface area (TPSA) is 72.9 Å². The summed E-state index contributed by atoms with van der Waals surface area (Å²) in [6.07, 6.45) is 4.03. The molecule has 1 amide bonds. The van der Waals surface area contributed by atoms with Gasteiger partial charge in [-0.2, -0.15) is 5.10 Å². The normalized spacial score (nSPS) is 10.2. The first-order chi connectivity index (χ1) is 6.29. The number of nitrogens with one attached hydrogen (secondary N) is 1. The Morgan fingerprint density at radius 3 is 3.00 bits per heavy atom. The van der Waals surface area contributed by atoms with Crippen LogP contribution in [0.25, 0.3) is 0 Å². The van der Waals surface area contributed by atoms with Gasteiger partial charge in [0.25, 0.3) is 0 Å². The van der Waals surface area contributed by atoms with Crippen molar-refractivity contribution in [1.82, 2.24) is 15.1 Å². The van der Waals surface area contributed by atoms with Gasteiger partial charge in [0.15, 0.2) is 0 Å². The number of carbonyl (C=O) groups excluding carboxylic acids is 1. The Morgan fingerprint density at radius 2 is 2.38 bits per heavy atom. The van der Waals surface area contributed by atoms with E-state index in [1.54, 1.807) is 6.20 Å². The van der Waals surface area contributed by atoms with Crippen LogP contribution in [0.4, 0.5) is 0 Å². The van der Waals surface area contributed by atoms with E-state index < -0.39 is 0 Å². The minimum atomic E-state index is -0.272. The van der Waals surface area contributed by atoms with E-state index in [0.717, 1.165) is 13.1 Å². The Hall–Kier alpha value is -1.36. The molecule has 0 bridgehead atoms. The summed E-state index contributed by atoms with van der Waals surface area (Å²) in [6.45, 7) is 2.25. The molecule has 13 heavy (non-hydrogen) atoms. The summed E-state index contributed by atoms with van der Waals surface area (Å²) in [5.74, 6) is -0.272. The van der Waals surface area contributed by atoms with Crippen molar-refractivity contribution in [3.05, 3.63) is 18.5 Å². The van der Waals surface area contributed by atoms with E-state index in [-0.39, 0.29) is 5.91 Å². The third-order valence-corrected chi connectivity index (χ3v) is 1.63. The maximum atomic E-state index is 10.4. The predicted octanol–water partition coefficient (Wildman–Crippen LogP) is -0.652. The minimum absolute atomic E-state index is 0.272. The highest BCUT2D eigenvalue weighted by Gasteiger charge is 1.93. The van der Waals surface area contributed by atoms with Crippen molar-refractivity contribution in [3.8, 4) is 0 Å². The second kappa shape index (κ2) is 5.31. The molecule has 1 heterocycles. The molecule has 0 aliphatic heterocycles. The molecule has 0 aliphatic carbocycles. The maximum Gasteiger partial charge on any atom is 0.218 e. The van der Waals surface area contributed by atoms with Gasteiger partial charge in [-0.15, -0.1) is 0 Å². The number of rotatable bonds is 6. The van der Waals surface area contributed by atoms with Crippen molar-refractivity contribution >= 4 is 5.91 Å². The van der Waals surface area contributed by atoms with Gasteiger partial charge in [0, 0.05) is 31.9 Å². The summed E-state index contributed by atoms with van der Waals surface area (Å²) in [4.78, 5) is 10.4. The van der Waals surface area contributed by atoms with E-state index in [0.29, 0.717) is 13.0 Å². The lowest BCUT2D eigenvalue weighted by Gasteiger charge is -2.02. The Morgan fingerprint density at radius 1 is 1.54 bits per heavy atom. The largest absolute Gasteiger partial charge is 0.370 e. The fraction of sp³-hybridized carbons (Fsp3) is 0.500. The van der Waals surface area contributed by atoms with Gasteiger partial charge in [-0.1, -0.05) is 0 Å². The summed E-state index contributed by atoms with van der Waals surface area (Å²) in [7, 11) is 0. The first kappa shape index (κ1) is 9.73. The zero-order valence-electron chi connectivity index (χ0n) is 7.44. The molecule has 3 N–H and O–H groups in total. The lowest BCUT2D eigenvalue weighted by Crippen LogP contribution is -2.25. The molecule has 0 atom stereocenters. The van der Waals surface area contributed by atoms with Crippen molar-refractivity contribution in [1.29, 1.82) is 0 Å². The molecule has 0 aliphatic rings. The third kappa shape index (κ3) is 4.27. The Balaban J connectivity index is 1.99. The fourth-order valence-corrected chi connectivity index (χ4v) is 0.963. The van der Waals surface area contributed by atoms with Crippen LogP contribution in [0.3, 0.4) is 0 Å². The van der Waals surface area contributed by atoms with Crippen LogP contribution in [0.2, 0.25) is 0 Å². The number of nitrogens with two attached hydrogens (primary N) is 1. The van der Waals surface area contributed by atoms with Crippen molar-refractivity contribution < 1.29 is 4.79 Å². The van der Waals surface area contributed by atoms with Crippen LogP contribution in [0.15, 0.2) is 18.5 Å². The van der Waals surface area contributed by atoms with Gasteiger partial charge in [-0.25, -0.2) is 0 Å². The second-order valence-electron chi connectivity index (χ2n) is 2.74. The summed E-state index contributed by atoms with van der Waals surface area (Å²) in [6, 6.07) is 1.88. The predicted molar refractivity (Wildman–Crippen MR) is 48.9 cm³/mol. The molecule has 0 fully saturated rings. The first-order valence-corrected chi connectivity index (χ1v) is 4.25. The van der Waals surface area contributed by atoms with Gasteiger partial charge in [0.1, 0.15) is 0 Å². The number of nitrogens with zero attached hydrogens (tertiary/aromatic N) is 2. The van der Waals surface area contributed by atoms with Crippen molar-refractivity contribution in [2.75, 3.05) is 13.1 Å². The second-order valence-corrected chi connectivity index (χ2v) is 2.74. The molecule has 0 spiro atoms. The molecule has 0 saturated heterocycles. The van der Waals surface area contributed by atoms with Crippen molar-refractivity contribution in [2.24, 2.45) is 5.73 Å². The number of aromatic nitrogens is 2. The Bertz CT molecular complexity index is 245. The van der Waals surface area contributed by atoms with Crippen molar-refractivity contribution in [2.45, 2.75) is 13.0 Å². The lowest BCUT2D eigenvalue weighted by atomic mass is 10.4. The summed E-state index contributed by atoms with van der Waals surface area (Å²) >= 11 is 0. The van der Waals surface area contributed by atoms with Crippen LogP contribution < -0.4 is 11.1 Å². The first-order valence-electron chi connectivity index (χ1n) is 4.25. The van der Waals surface area contributed by atoms with Crippen molar-refractivity contribution in [3.63, 3.8) is 0 Å². The number of carbonyl (C=O) groups is 1. The Kier molecular flexibility index (Phi) is 3.98. The van der Waals surface area contributed by atoms with E-state index >= 15 is 0 Å². The fourth-order valence-electron chi connectivity index (χ4n) is 0.963. The van der Waals surface area contributed by atoms with Gasteiger partial charge in [0.2, 0.25) is 5.91 Å². The summed E-state index contributed by atoms with van der Waals surface area (Å²) < 4.78 is 1.83. The molecular formula is C8H14N4O.